The molecule has 0 fully saturated rings. The van der Waals surface area contributed by atoms with Crippen LogP contribution < -0.4 is 5.32 Å². The number of hydrogen-bond acceptors (Lipinski definition) is 2. The Morgan fingerprint density at radius 2 is 1.83 bits per heavy atom. The Morgan fingerprint density at radius 1 is 1.11 bits per heavy atom. The van der Waals surface area contributed by atoms with E-state index in [4.69, 9.17) is 5.11 Å². The largest absolute Gasteiger partial charge is 0.392 e. The van der Waals surface area contributed by atoms with Gasteiger partial charge in [-0.05, 0) is 37.1 Å². The summed E-state index contributed by atoms with van der Waals surface area (Å²) in [5.74, 6) is 0. The maximum absolute atomic E-state index is 9.14. The van der Waals surface area contributed by atoms with Crippen molar-refractivity contribution in [1.82, 2.24) is 0 Å². The summed E-state index contributed by atoms with van der Waals surface area (Å²) < 4.78 is 0. The van der Waals surface area contributed by atoms with Crippen LogP contribution in [0.25, 0.3) is 0 Å². The van der Waals surface area contributed by atoms with E-state index < -0.39 is 0 Å². The average molecular weight is 241 g/mol. The van der Waals surface area contributed by atoms with E-state index in [0.29, 0.717) is 0 Å². The smallest absolute Gasteiger partial charge is 0.0681 e. The van der Waals surface area contributed by atoms with E-state index in [9.17, 15) is 0 Å². The number of aliphatic hydroxyl groups is 1. The fourth-order valence-electron chi connectivity index (χ4n) is 1.94. The summed E-state index contributed by atoms with van der Waals surface area (Å²) in [5.41, 5.74) is 4.50. The topological polar surface area (TPSA) is 32.3 Å². The number of aliphatic hydroxyl groups excluding tert-OH is 1. The Hall–Kier alpha value is -1.80. The molecule has 1 unspecified atom stereocenters. The number of anilines is 1. The summed E-state index contributed by atoms with van der Waals surface area (Å²) >= 11 is 0. The molecule has 2 nitrogen and oxygen atoms in total. The molecule has 0 aliphatic carbocycles. The van der Waals surface area contributed by atoms with E-state index in [1.165, 1.54) is 11.1 Å². The second-order valence-corrected chi connectivity index (χ2v) is 4.64. The number of nitrogens with one attached hydrogen (secondary N) is 1. The van der Waals surface area contributed by atoms with Gasteiger partial charge in [0.05, 0.1) is 6.61 Å². The highest BCUT2D eigenvalue weighted by atomic mass is 16.3. The molecule has 0 aliphatic heterocycles. The van der Waals surface area contributed by atoms with Gasteiger partial charge < -0.3 is 10.4 Å². The van der Waals surface area contributed by atoms with Crippen LogP contribution in [-0.4, -0.2) is 5.11 Å². The highest BCUT2D eigenvalue weighted by Gasteiger charge is 2.05. The molecule has 0 spiro atoms. The van der Waals surface area contributed by atoms with Gasteiger partial charge in [-0.3, -0.25) is 0 Å². The molecule has 2 rings (SSSR count). The van der Waals surface area contributed by atoms with Crippen LogP contribution in [0.15, 0.2) is 48.5 Å². The van der Waals surface area contributed by atoms with Gasteiger partial charge in [0.1, 0.15) is 0 Å². The summed E-state index contributed by atoms with van der Waals surface area (Å²) in [4.78, 5) is 0. The van der Waals surface area contributed by atoms with Crippen LogP contribution >= 0.6 is 0 Å². The van der Waals surface area contributed by atoms with Crippen LogP contribution in [-0.2, 0) is 6.61 Å². The molecule has 94 valence electrons. The van der Waals surface area contributed by atoms with Crippen LogP contribution in [0.5, 0.6) is 0 Å². The molecule has 18 heavy (non-hydrogen) atoms. The van der Waals surface area contributed by atoms with Crippen molar-refractivity contribution in [1.29, 1.82) is 0 Å². The van der Waals surface area contributed by atoms with Gasteiger partial charge in [-0.1, -0.05) is 42.0 Å². The van der Waals surface area contributed by atoms with Crippen molar-refractivity contribution in [3.63, 3.8) is 0 Å². The number of aryl methyl sites for hydroxylation is 1. The maximum Gasteiger partial charge on any atom is 0.0681 e. The molecule has 0 heterocycles. The second-order valence-electron chi connectivity index (χ2n) is 4.64. The molecule has 0 aromatic heterocycles. The minimum Gasteiger partial charge on any atom is -0.392 e. The molecule has 0 saturated carbocycles. The highest BCUT2D eigenvalue weighted by molar-refractivity contribution is 5.46. The molecule has 2 N–H and O–H groups in total. The number of benzene rings is 2. The Labute approximate surface area is 108 Å². The van der Waals surface area contributed by atoms with Gasteiger partial charge in [-0.15, -0.1) is 0 Å². The van der Waals surface area contributed by atoms with Gasteiger partial charge in [-0.2, -0.15) is 0 Å². The molecular formula is C16H19NO. The Bertz CT molecular complexity index is 505. The second kappa shape index (κ2) is 5.69. The van der Waals surface area contributed by atoms with Crippen LogP contribution in [0.3, 0.4) is 0 Å². The van der Waals surface area contributed by atoms with Crippen LogP contribution in [0.2, 0.25) is 0 Å². The van der Waals surface area contributed by atoms with Gasteiger partial charge in [-0.25, -0.2) is 0 Å². The molecule has 0 radical (unpaired) electrons. The summed E-state index contributed by atoms with van der Waals surface area (Å²) in [6.45, 7) is 4.29. The predicted octanol–water partition coefficient (Wildman–Crippen LogP) is 3.66. The average Bonchev–Trinajstić information content (AvgIpc) is 2.41. The quantitative estimate of drug-likeness (QED) is 0.856. The molecule has 0 saturated heterocycles. The van der Waals surface area contributed by atoms with E-state index >= 15 is 0 Å². The Kier molecular flexibility index (Phi) is 4.00. The van der Waals surface area contributed by atoms with Gasteiger partial charge >= 0.3 is 0 Å². The fraction of sp³-hybridized carbons (Fsp3) is 0.250. The van der Waals surface area contributed by atoms with Crippen molar-refractivity contribution in [2.24, 2.45) is 0 Å². The summed E-state index contributed by atoms with van der Waals surface area (Å²) in [6.07, 6.45) is 0. The summed E-state index contributed by atoms with van der Waals surface area (Å²) in [5, 5.41) is 12.6. The van der Waals surface area contributed by atoms with Gasteiger partial charge in [0, 0.05) is 11.7 Å². The first kappa shape index (κ1) is 12.7. The highest BCUT2D eigenvalue weighted by Crippen LogP contribution is 2.20. The number of hydrogen-bond donors (Lipinski definition) is 2. The molecular weight excluding hydrogens is 222 g/mol. The van der Waals surface area contributed by atoms with Crippen LogP contribution in [0.1, 0.15) is 29.7 Å². The van der Waals surface area contributed by atoms with Crippen LogP contribution in [0.4, 0.5) is 5.69 Å². The van der Waals surface area contributed by atoms with E-state index in [1.54, 1.807) is 0 Å². The lowest BCUT2D eigenvalue weighted by atomic mass is 10.1. The monoisotopic (exact) mass is 241 g/mol. The van der Waals surface area contributed by atoms with E-state index in [1.807, 2.05) is 18.2 Å². The summed E-state index contributed by atoms with van der Waals surface area (Å²) in [7, 11) is 0. The zero-order valence-corrected chi connectivity index (χ0v) is 10.9. The summed E-state index contributed by atoms with van der Waals surface area (Å²) in [6, 6.07) is 16.6. The van der Waals surface area contributed by atoms with Crippen molar-refractivity contribution in [3.8, 4) is 0 Å². The third kappa shape index (κ3) is 3.11. The maximum atomic E-state index is 9.14. The normalized spacial score (nSPS) is 12.2. The fourth-order valence-corrected chi connectivity index (χ4v) is 1.94. The minimum atomic E-state index is 0.0884. The number of rotatable bonds is 4. The van der Waals surface area contributed by atoms with Gasteiger partial charge in [0.15, 0.2) is 0 Å². The predicted molar refractivity (Wildman–Crippen MR) is 75.6 cm³/mol. The molecule has 1 atom stereocenters. The minimum absolute atomic E-state index is 0.0884. The third-order valence-corrected chi connectivity index (χ3v) is 3.07. The van der Waals surface area contributed by atoms with Crippen molar-refractivity contribution < 1.29 is 5.11 Å². The van der Waals surface area contributed by atoms with Crippen LogP contribution in [0, 0.1) is 6.92 Å². The molecule has 2 aromatic carbocycles. The Morgan fingerprint density at radius 3 is 2.50 bits per heavy atom. The van der Waals surface area contributed by atoms with Gasteiger partial charge in [0.2, 0.25) is 0 Å². The standard InChI is InChI=1S/C16H19NO/c1-12-6-8-16(9-7-12)17-13(2)15-5-3-4-14(10-15)11-18/h3-10,13,17-18H,11H2,1-2H3. The molecule has 2 heteroatoms. The first-order chi connectivity index (χ1) is 8.69. The molecule has 0 bridgehead atoms. The van der Waals surface area contributed by atoms with E-state index in [-0.39, 0.29) is 12.6 Å². The first-order valence-corrected chi connectivity index (χ1v) is 6.22. The SMILES string of the molecule is Cc1ccc(NC(C)c2cccc(CO)c2)cc1. The zero-order valence-electron chi connectivity index (χ0n) is 10.9. The third-order valence-electron chi connectivity index (χ3n) is 3.07. The molecule has 0 amide bonds. The lowest BCUT2D eigenvalue weighted by Crippen LogP contribution is -2.06. The van der Waals surface area contributed by atoms with Crippen molar-refractivity contribution in [3.05, 3.63) is 65.2 Å². The van der Waals surface area contributed by atoms with Gasteiger partial charge in [0.25, 0.3) is 0 Å². The molecule has 0 aliphatic rings. The van der Waals surface area contributed by atoms with E-state index in [0.717, 1.165) is 11.3 Å². The van der Waals surface area contributed by atoms with Crippen molar-refractivity contribution in [2.75, 3.05) is 5.32 Å². The zero-order chi connectivity index (χ0) is 13.0. The van der Waals surface area contributed by atoms with Crippen molar-refractivity contribution >= 4 is 5.69 Å². The van der Waals surface area contributed by atoms with Crippen molar-refractivity contribution in [2.45, 2.75) is 26.5 Å². The van der Waals surface area contributed by atoms with E-state index in [2.05, 4.69) is 49.5 Å². The molecule has 2 aromatic rings. The Balaban J connectivity index is 2.11. The lowest BCUT2D eigenvalue weighted by Gasteiger charge is -2.16. The lowest BCUT2D eigenvalue weighted by molar-refractivity contribution is 0.281. The first-order valence-electron chi connectivity index (χ1n) is 6.22.